The third-order valence-electron chi connectivity index (χ3n) is 1.43. The van der Waals surface area contributed by atoms with Crippen molar-refractivity contribution in [2.45, 2.75) is 19.8 Å². The SMILES string of the molecule is CCOC(=O)O.O=S1(=O)CCCC1. The van der Waals surface area contributed by atoms with Gasteiger partial charge in [0.05, 0.1) is 18.1 Å². The zero-order valence-corrected chi connectivity index (χ0v) is 8.34. The van der Waals surface area contributed by atoms with Crippen molar-refractivity contribution in [3.05, 3.63) is 0 Å². The molecule has 0 aromatic rings. The summed E-state index contributed by atoms with van der Waals surface area (Å²) < 4.78 is 24.8. The maximum absolute atomic E-state index is 10.4. The molecule has 1 saturated heterocycles. The lowest BCUT2D eigenvalue weighted by molar-refractivity contribution is 0.0966. The van der Waals surface area contributed by atoms with E-state index >= 15 is 0 Å². The van der Waals surface area contributed by atoms with Crippen LogP contribution in [-0.4, -0.2) is 37.8 Å². The standard InChI is InChI=1S/C4H8O2S.C3H6O3/c5-7(6)3-1-2-4-7;1-2-6-3(4)5/h1-4H2;2H2,1H3,(H,4,5). The lowest BCUT2D eigenvalue weighted by atomic mass is 10.4. The highest BCUT2D eigenvalue weighted by molar-refractivity contribution is 7.91. The van der Waals surface area contributed by atoms with Crippen molar-refractivity contribution in [2.75, 3.05) is 18.1 Å². The predicted octanol–water partition coefficient (Wildman–Crippen LogP) is 0.896. The minimum absolute atomic E-state index is 0.231. The van der Waals surface area contributed by atoms with Crippen LogP contribution < -0.4 is 0 Å². The first-order valence-corrected chi connectivity index (χ1v) is 5.86. The Hall–Kier alpha value is -0.780. The Bertz CT molecular complexity index is 232. The molecule has 0 spiro atoms. The van der Waals surface area contributed by atoms with Gasteiger partial charge in [-0.05, 0) is 19.8 Å². The molecule has 0 saturated carbocycles. The molecule has 0 aliphatic carbocycles. The number of hydrogen-bond donors (Lipinski definition) is 1. The van der Waals surface area contributed by atoms with E-state index in [1.807, 2.05) is 0 Å². The van der Waals surface area contributed by atoms with E-state index in [0.717, 1.165) is 12.8 Å². The smallest absolute Gasteiger partial charge is 0.450 e. The van der Waals surface area contributed by atoms with Crippen molar-refractivity contribution in [1.29, 1.82) is 0 Å². The summed E-state index contributed by atoms with van der Waals surface area (Å²) in [5.74, 6) is 0.847. The first-order valence-electron chi connectivity index (χ1n) is 4.04. The molecule has 1 heterocycles. The van der Waals surface area contributed by atoms with Crippen LogP contribution in [0.1, 0.15) is 19.8 Å². The van der Waals surface area contributed by atoms with Crippen LogP contribution in [0.15, 0.2) is 0 Å². The van der Waals surface area contributed by atoms with Gasteiger partial charge < -0.3 is 9.84 Å². The molecule has 1 rings (SSSR count). The van der Waals surface area contributed by atoms with E-state index in [1.54, 1.807) is 6.92 Å². The Morgan fingerprint density at radius 3 is 1.92 bits per heavy atom. The van der Waals surface area contributed by atoms with Crippen LogP contribution in [0, 0.1) is 0 Å². The highest BCUT2D eigenvalue weighted by atomic mass is 32.2. The third-order valence-corrected chi connectivity index (χ3v) is 3.25. The molecular weight excluding hydrogens is 196 g/mol. The second-order valence-corrected chi connectivity index (χ2v) is 4.86. The first kappa shape index (κ1) is 12.2. The van der Waals surface area contributed by atoms with Crippen molar-refractivity contribution in [2.24, 2.45) is 0 Å². The summed E-state index contributed by atoms with van der Waals surface area (Å²) in [4.78, 5) is 9.38. The number of sulfone groups is 1. The normalized spacial score (nSPS) is 18.5. The number of carboxylic acid groups (broad SMARTS) is 1. The van der Waals surface area contributed by atoms with Gasteiger partial charge in [0.15, 0.2) is 0 Å². The third kappa shape index (κ3) is 7.58. The van der Waals surface area contributed by atoms with Gasteiger partial charge in [0.1, 0.15) is 9.84 Å². The molecule has 1 fully saturated rings. The maximum atomic E-state index is 10.4. The van der Waals surface area contributed by atoms with Crippen LogP contribution in [0.5, 0.6) is 0 Å². The summed E-state index contributed by atoms with van der Waals surface area (Å²) in [6, 6.07) is 0. The molecule has 1 aliphatic rings. The number of rotatable bonds is 1. The fourth-order valence-corrected chi connectivity index (χ4v) is 2.36. The molecule has 0 atom stereocenters. The van der Waals surface area contributed by atoms with Crippen molar-refractivity contribution < 1.29 is 23.1 Å². The summed E-state index contributed by atoms with van der Waals surface area (Å²) in [5, 5.41) is 7.69. The molecule has 0 amide bonds. The second kappa shape index (κ2) is 5.80. The summed E-state index contributed by atoms with van der Waals surface area (Å²) in [7, 11) is -2.55. The van der Waals surface area contributed by atoms with E-state index in [1.165, 1.54) is 0 Å². The zero-order valence-electron chi connectivity index (χ0n) is 7.52. The molecule has 0 bridgehead atoms. The van der Waals surface area contributed by atoms with Gasteiger partial charge in [-0.1, -0.05) is 0 Å². The molecule has 1 N–H and O–H groups in total. The van der Waals surface area contributed by atoms with Crippen LogP contribution in [0.2, 0.25) is 0 Å². The van der Waals surface area contributed by atoms with Gasteiger partial charge in [0, 0.05) is 0 Å². The highest BCUT2D eigenvalue weighted by Gasteiger charge is 2.16. The quantitative estimate of drug-likeness (QED) is 0.650. The van der Waals surface area contributed by atoms with Crippen LogP contribution in [-0.2, 0) is 14.6 Å². The zero-order chi connectivity index (χ0) is 10.3. The lowest BCUT2D eigenvalue weighted by Gasteiger charge is -1.87. The number of hydrogen-bond acceptors (Lipinski definition) is 4. The molecule has 1 aliphatic heterocycles. The topological polar surface area (TPSA) is 80.7 Å². The average Bonchev–Trinajstić information content (AvgIpc) is 2.35. The summed E-state index contributed by atoms with van der Waals surface area (Å²) >= 11 is 0. The fourth-order valence-electron chi connectivity index (χ4n) is 0.869. The Morgan fingerprint density at radius 2 is 1.85 bits per heavy atom. The molecule has 0 unspecified atom stereocenters. The summed E-state index contributed by atoms with van der Waals surface area (Å²) in [5.41, 5.74) is 0. The van der Waals surface area contributed by atoms with Gasteiger partial charge in [-0.15, -0.1) is 0 Å². The van der Waals surface area contributed by atoms with Gasteiger partial charge in [0.25, 0.3) is 0 Å². The minimum atomic E-state index is -2.55. The lowest BCUT2D eigenvalue weighted by Crippen LogP contribution is -1.98. The van der Waals surface area contributed by atoms with Crippen LogP contribution >= 0.6 is 0 Å². The Balaban J connectivity index is 0.000000226. The number of carbonyl (C=O) groups is 1. The van der Waals surface area contributed by atoms with E-state index < -0.39 is 16.0 Å². The largest absolute Gasteiger partial charge is 0.505 e. The molecule has 0 aromatic heterocycles. The number of ether oxygens (including phenoxy) is 1. The summed E-state index contributed by atoms with van der Waals surface area (Å²) in [6.07, 6.45) is 0.544. The second-order valence-electron chi connectivity index (χ2n) is 2.56. The molecule has 6 heteroatoms. The van der Waals surface area contributed by atoms with Gasteiger partial charge in [0.2, 0.25) is 0 Å². The molecule has 78 valence electrons. The van der Waals surface area contributed by atoms with E-state index in [0.29, 0.717) is 11.5 Å². The monoisotopic (exact) mass is 210 g/mol. The van der Waals surface area contributed by atoms with Crippen LogP contribution in [0.3, 0.4) is 0 Å². The van der Waals surface area contributed by atoms with E-state index in [9.17, 15) is 13.2 Å². The van der Waals surface area contributed by atoms with Gasteiger partial charge in [-0.3, -0.25) is 0 Å². The van der Waals surface area contributed by atoms with Crippen molar-refractivity contribution in [3.63, 3.8) is 0 Å². The first-order chi connectivity index (χ1) is 5.98. The molecule has 5 nitrogen and oxygen atoms in total. The Kier molecular flexibility index (Phi) is 5.45. The van der Waals surface area contributed by atoms with Crippen molar-refractivity contribution in [1.82, 2.24) is 0 Å². The highest BCUT2D eigenvalue weighted by Crippen LogP contribution is 2.08. The fraction of sp³-hybridized carbons (Fsp3) is 0.857. The van der Waals surface area contributed by atoms with Crippen LogP contribution in [0.25, 0.3) is 0 Å². The average molecular weight is 210 g/mol. The van der Waals surface area contributed by atoms with Gasteiger partial charge in [-0.25, -0.2) is 13.2 Å². The maximum Gasteiger partial charge on any atom is 0.505 e. The van der Waals surface area contributed by atoms with Crippen molar-refractivity contribution in [3.8, 4) is 0 Å². The predicted molar refractivity (Wildman–Crippen MR) is 47.5 cm³/mol. The van der Waals surface area contributed by atoms with E-state index in [4.69, 9.17) is 5.11 Å². The van der Waals surface area contributed by atoms with Gasteiger partial charge in [-0.2, -0.15) is 0 Å². The Morgan fingerprint density at radius 1 is 1.38 bits per heavy atom. The van der Waals surface area contributed by atoms with Gasteiger partial charge >= 0.3 is 6.16 Å². The minimum Gasteiger partial charge on any atom is -0.450 e. The molecular formula is C7H14O5S. The van der Waals surface area contributed by atoms with Crippen LogP contribution in [0.4, 0.5) is 4.79 Å². The van der Waals surface area contributed by atoms with E-state index in [2.05, 4.69) is 4.74 Å². The summed E-state index contributed by atoms with van der Waals surface area (Å²) in [6.45, 7) is 1.85. The molecule has 0 aromatic carbocycles. The van der Waals surface area contributed by atoms with E-state index in [-0.39, 0.29) is 6.61 Å². The molecule has 0 radical (unpaired) electrons. The Labute approximate surface area is 77.6 Å². The van der Waals surface area contributed by atoms with Crippen molar-refractivity contribution >= 4 is 16.0 Å². The molecule has 13 heavy (non-hydrogen) atoms.